The van der Waals surface area contributed by atoms with Crippen LogP contribution in [-0.2, 0) is 0 Å². The number of halogens is 1. The van der Waals surface area contributed by atoms with Crippen molar-refractivity contribution in [3.63, 3.8) is 0 Å². The number of rotatable bonds is 1. The maximum absolute atomic E-state index is 13.0. The smallest absolute Gasteiger partial charge is 0.173 e. The van der Waals surface area contributed by atoms with Gasteiger partial charge in [0.25, 0.3) is 0 Å². The minimum Gasteiger partial charge on any atom is -0.351 e. The molecule has 2 rings (SSSR count). The van der Waals surface area contributed by atoms with E-state index in [2.05, 4.69) is 17.1 Å². The Balaban J connectivity index is 2.12. The number of aromatic nitrogens is 1. The van der Waals surface area contributed by atoms with Crippen molar-refractivity contribution in [1.29, 1.82) is 5.26 Å². The minimum absolute atomic E-state index is 0.0152. The molecule has 0 spiro atoms. The number of anilines is 1. The second kappa shape index (κ2) is 3.02. The molecule has 1 fully saturated rings. The Hall–Kier alpha value is -1.63. The molecule has 0 aliphatic carbocycles. The average molecular weight is 176 g/mol. The van der Waals surface area contributed by atoms with Crippen molar-refractivity contribution < 1.29 is 4.39 Å². The van der Waals surface area contributed by atoms with Crippen molar-refractivity contribution in [2.75, 3.05) is 18.0 Å². The summed E-state index contributed by atoms with van der Waals surface area (Å²) in [6.45, 7) is 1.14. The first-order chi connectivity index (χ1) is 6.31. The molecule has 0 aromatic carbocycles. The van der Waals surface area contributed by atoms with E-state index in [0.717, 1.165) is 0 Å². The number of pyridine rings is 1. The van der Waals surface area contributed by atoms with Gasteiger partial charge >= 0.3 is 0 Å². The predicted octanol–water partition coefficient (Wildman–Crippen LogP) is 0.981. The van der Waals surface area contributed by atoms with Crippen LogP contribution in [0.5, 0.6) is 0 Å². The van der Waals surface area contributed by atoms with Crippen LogP contribution in [0.15, 0.2) is 12.3 Å². The van der Waals surface area contributed by atoms with Gasteiger partial charge < -0.3 is 4.90 Å². The molecule has 0 unspecified atom stereocenters. The van der Waals surface area contributed by atoms with Crippen molar-refractivity contribution in [3.05, 3.63) is 24.1 Å². The third-order valence-electron chi connectivity index (χ3n) is 2.04. The van der Waals surface area contributed by atoms with Crippen LogP contribution in [-0.4, -0.2) is 18.1 Å². The highest BCUT2D eigenvalue weighted by atomic mass is 19.1. The third kappa shape index (κ3) is 1.33. The van der Waals surface area contributed by atoms with Crippen molar-refractivity contribution in [3.8, 4) is 6.07 Å². The molecule has 0 amide bonds. The quantitative estimate of drug-likeness (QED) is 0.640. The van der Waals surface area contributed by atoms with E-state index in [1.807, 2.05) is 0 Å². The van der Waals surface area contributed by atoms with E-state index in [1.165, 1.54) is 12.3 Å². The lowest BCUT2D eigenvalue weighted by atomic mass is 10.0. The zero-order chi connectivity index (χ0) is 9.26. The van der Waals surface area contributed by atoms with Crippen LogP contribution in [0.25, 0.3) is 0 Å². The molecule has 0 atom stereocenters. The topological polar surface area (TPSA) is 39.9 Å². The van der Waals surface area contributed by atoms with Crippen LogP contribution in [0.2, 0.25) is 0 Å². The zero-order valence-electron chi connectivity index (χ0n) is 6.87. The van der Waals surface area contributed by atoms with Crippen molar-refractivity contribution in [2.45, 2.75) is 0 Å². The lowest BCUT2D eigenvalue weighted by molar-refractivity contribution is 0.484. The normalized spacial score (nSPS) is 16.5. The lowest BCUT2D eigenvalue weighted by Gasteiger charge is -2.36. The molecular weight excluding hydrogens is 169 g/mol. The Kier molecular flexibility index (Phi) is 1.85. The maximum atomic E-state index is 13.0. The Bertz CT molecular complexity index is 352. The summed E-state index contributed by atoms with van der Waals surface area (Å²) in [5, 5.41) is 8.52. The predicted molar refractivity (Wildman–Crippen MR) is 44.3 cm³/mol. The van der Waals surface area contributed by atoms with Gasteiger partial charge in [0.1, 0.15) is 0 Å². The number of nitrogens with zero attached hydrogens (tertiary/aromatic N) is 3. The summed E-state index contributed by atoms with van der Waals surface area (Å²) >= 11 is 0. The Morgan fingerprint density at radius 1 is 1.69 bits per heavy atom. The summed E-state index contributed by atoms with van der Waals surface area (Å²) in [5.74, 6) is -0.130. The first-order valence-electron chi connectivity index (χ1n) is 3.98. The van der Waals surface area contributed by atoms with Gasteiger partial charge in [-0.05, 0) is 6.07 Å². The molecule has 13 heavy (non-hydrogen) atoms. The van der Waals surface area contributed by atoms with Gasteiger partial charge in [-0.15, -0.1) is 0 Å². The Morgan fingerprint density at radius 2 is 2.46 bits per heavy atom. The van der Waals surface area contributed by atoms with E-state index < -0.39 is 5.82 Å². The van der Waals surface area contributed by atoms with E-state index in [0.29, 0.717) is 18.9 Å². The van der Waals surface area contributed by atoms with Crippen LogP contribution in [0, 0.1) is 29.1 Å². The fraction of sp³-hybridized carbons (Fsp3) is 0.333. The van der Waals surface area contributed by atoms with Crippen molar-refractivity contribution >= 4 is 5.82 Å². The van der Waals surface area contributed by atoms with Crippen molar-refractivity contribution in [1.82, 2.24) is 4.98 Å². The molecule has 1 aromatic rings. The van der Waals surface area contributed by atoms with E-state index in [1.54, 1.807) is 4.90 Å². The molecule has 0 bridgehead atoms. The standard InChI is InChI=1S/C9H7FN3/c10-8-2-1-3-12-9(8)13-5-7(4-11)6-13/h1,3,7H,5-6H2. The Labute approximate surface area is 75.4 Å². The van der Waals surface area contributed by atoms with E-state index in [4.69, 9.17) is 5.26 Å². The van der Waals surface area contributed by atoms with E-state index in [-0.39, 0.29) is 5.92 Å². The molecule has 1 aliphatic heterocycles. The summed E-state index contributed by atoms with van der Waals surface area (Å²) in [6.07, 6.45) is 1.50. The van der Waals surface area contributed by atoms with Crippen LogP contribution in [0.3, 0.4) is 0 Å². The average Bonchev–Trinajstić information content (AvgIpc) is 2.06. The molecule has 0 N–H and O–H groups in total. The van der Waals surface area contributed by atoms with Crippen LogP contribution < -0.4 is 4.90 Å². The third-order valence-corrected chi connectivity index (χ3v) is 2.04. The van der Waals surface area contributed by atoms with Crippen molar-refractivity contribution in [2.24, 2.45) is 5.92 Å². The molecule has 1 radical (unpaired) electrons. The van der Waals surface area contributed by atoms with E-state index >= 15 is 0 Å². The molecule has 65 valence electrons. The van der Waals surface area contributed by atoms with Crippen LogP contribution in [0.1, 0.15) is 0 Å². The van der Waals surface area contributed by atoms with Gasteiger partial charge in [-0.25, -0.2) is 9.37 Å². The van der Waals surface area contributed by atoms with Gasteiger partial charge in [0.15, 0.2) is 11.6 Å². The number of hydrogen-bond acceptors (Lipinski definition) is 3. The summed E-state index contributed by atoms with van der Waals surface area (Å²) < 4.78 is 13.0. The zero-order valence-corrected chi connectivity index (χ0v) is 6.87. The molecule has 2 heterocycles. The van der Waals surface area contributed by atoms with Gasteiger partial charge in [-0.1, -0.05) is 0 Å². The lowest BCUT2D eigenvalue weighted by Crippen LogP contribution is -2.46. The first-order valence-corrected chi connectivity index (χ1v) is 3.98. The fourth-order valence-corrected chi connectivity index (χ4v) is 1.29. The van der Waals surface area contributed by atoms with E-state index in [9.17, 15) is 4.39 Å². The first kappa shape index (κ1) is 7.99. The summed E-state index contributed by atoms with van der Waals surface area (Å²) in [5.41, 5.74) is 0. The highest BCUT2D eigenvalue weighted by Gasteiger charge is 2.29. The monoisotopic (exact) mass is 176 g/mol. The number of nitriles is 1. The second-order valence-corrected chi connectivity index (χ2v) is 2.96. The fourth-order valence-electron chi connectivity index (χ4n) is 1.29. The SMILES string of the molecule is N#CC1CN(c2ncc[c]c2F)C1. The molecule has 3 nitrogen and oxygen atoms in total. The molecule has 1 saturated heterocycles. The summed E-state index contributed by atoms with van der Waals surface area (Å²) in [6, 6.07) is 5.98. The molecular formula is C9H7FN3. The minimum atomic E-state index is -0.445. The molecule has 0 saturated carbocycles. The highest BCUT2D eigenvalue weighted by molar-refractivity contribution is 5.43. The summed E-state index contributed by atoms with van der Waals surface area (Å²) in [7, 11) is 0. The molecule has 1 aromatic heterocycles. The molecule has 1 aliphatic rings. The Morgan fingerprint density at radius 3 is 3.08 bits per heavy atom. The van der Waals surface area contributed by atoms with Gasteiger partial charge in [0.05, 0.1) is 12.0 Å². The largest absolute Gasteiger partial charge is 0.351 e. The molecule has 4 heteroatoms. The van der Waals surface area contributed by atoms with Gasteiger partial charge in [-0.2, -0.15) is 5.26 Å². The van der Waals surface area contributed by atoms with Gasteiger partial charge in [-0.3, -0.25) is 0 Å². The highest BCUT2D eigenvalue weighted by Crippen LogP contribution is 2.23. The van der Waals surface area contributed by atoms with Gasteiger partial charge in [0, 0.05) is 25.4 Å². The van der Waals surface area contributed by atoms with Crippen LogP contribution >= 0.6 is 0 Å². The summed E-state index contributed by atoms with van der Waals surface area (Å²) in [4.78, 5) is 5.62. The second-order valence-electron chi connectivity index (χ2n) is 2.96. The van der Waals surface area contributed by atoms with Gasteiger partial charge in [0.2, 0.25) is 0 Å². The van der Waals surface area contributed by atoms with Crippen LogP contribution in [0.4, 0.5) is 10.2 Å². The maximum Gasteiger partial charge on any atom is 0.173 e. The number of hydrogen-bond donors (Lipinski definition) is 0.